The second kappa shape index (κ2) is 6.83. The zero-order valence-corrected chi connectivity index (χ0v) is 10.9. The van der Waals surface area contributed by atoms with Crippen molar-refractivity contribution in [2.45, 2.75) is 40.0 Å². The van der Waals surface area contributed by atoms with Crippen molar-refractivity contribution in [3.63, 3.8) is 0 Å². The molecule has 1 aliphatic heterocycles. The van der Waals surface area contributed by atoms with Crippen molar-refractivity contribution in [1.82, 2.24) is 10.2 Å². The molecule has 1 fully saturated rings. The summed E-state index contributed by atoms with van der Waals surface area (Å²) in [5, 5.41) is 3.15. The van der Waals surface area contributed by atoms with E-state index >= 15 is 0 Å². The molecule has 0 aromatic heterocycles. The van der Waals surface area contributed by atoms with Crippen LogP contribution in [0.4, 0.5) is 0 Å². The van der Waals surface area contributed by atoms with Crippen LogP contribution in [-0.4, -0.2) is 38.0 Å². The van der Waals surface area contributed by atoms with Crippen LogP contribution in [-0.2, 0) is 4.79 Å². The number of nitrogens with zero attached hydrogens (tertiary/aromatic N) is 1. The maximum absolute atomic E-state index is 11.4. The van der Waals surface area contributed by atoms with E-state index < -0.39 is 0 Å². The highest BCUT2D eigenvalue weighted by molar-refractivity contribution is 5.79. The fraction of sp³-hybridized carbons (Fsp3) is 0.917. The molecule has 1 unspecified atom stereocenters. The van der Waals surface area contributed by atoms with Gasteiger partial charge in [-0.15, -0.1) is 0 Å². The van der Waals surface area contributed by atoms with Crippen LogP contribution in [0.2, 0.25) is 0 Å². The average molecular weight is 214 g/mol. The van der Waals surface area contributed by atoms with Crippen molar-refractivity contribution in [3.05, 3.63) is 0 Å². The maximum atomic E-state index is 11.4. The lowest BCUT2D eigenvalue weighted by molar-refractivity contribution is -0.126. The largest absolute Gasteiger partial charge is 0.345 e. The number of nitrogens with one attached hydrogen (secondary N) is 1. The van der Waals surface area contributed by atoms with E-state index in [4.69, 9.17) is 0 Å². The van der Waals surface area contributed by atoms with Crippen LogP contribution in [0, 0.1) is 5.41 Å². The first-order valence-corrected chi connectivity index (χ1v) is 6.02. The van der Waals surface area contributed by atoms with Gasteiger partial charge in [-0.25, -0.2) is 0 Å². The lowest BCUT2D eigenvalue weighted by atomic mass is 9.81. The van der Waals surface area contributed by atoms with Crippen molar-refractivity contribution in [1.29, 1.82) is 0 Å². The monoisotopic (exact) mass is 214 g/mol. The third-order valence-corrected chi connectivity index (χ3v) is 3.18. The summed E-state index contributed by atoms with van der Waals surface area (Å²) < 4.78 is 0. The minimum Gasteiger partial charge on any atom is -0.345 e. The summed E-state index contributed by atoms with van der Waals surface area (Å²) in [6.45, 7) is 8.13. The van der Waals surface area contributed by atoms with E-state index in [0.717, 1.165) is 32.4 Å². The van der Waals surface area contributed by atoms with E-state index in [-0.39, 0.29) is 5.41 Å². The summed E-state index contributed by atoms with van der Waals surface area (Å²) in [6, 6.07) is 0. The lowest BCUT2D eigenvalue weighted by Gasteiger charge is -2.26. The fourth-order valence-corrected chi connectivity index (χ4v) is 2.07. The number of rotatable bonds is 4. The molecule has 3 nitrogen and oxygen atoms in total. The summed E-state index contributed by atoms with van der Waals surface area (Å²) in [7, 11) is 3.86. The first-order valence-electron chi connectivity index (χ1n) is 6.02. The molecule has 0 radical (unpaired) electrons. The van der Waals surface area contributed by atoms with Crippen LogP contribution in [0.25, 0.3) is 0 Å². The molecule has 0 spiro atoms. The molecule has 0 saturated carbocycles. The molecule has 15 heavy (non-hydrogen) atoms. The molecule has 1 heterocycles. The summed E-state index contributed by atoms with van der Waals surface area (Å²) in [4.78, 5) is 13.3. The van der Waals surface area contributed by atoms with Gasteiger partial charge in [-0.2, -0.15) is 0 Å². The summed E-state index contributed by atoms with van der Waals surface area (Å²) in [5.74, 6) is 0.304. The predicted octanol–water partition coefficient (Wildman–Crippen LogP) is 1.88. The van der Waals surface area contributed by atoms with Gasteiger partial charge in [-0.1, -0.05) is 20.8 Å². The minimum absolute atomic E-state index is 0.245. The van der Waals surface area contributed by atoms with Gasteiger partial charge in [0.25, 0.3) is 0 Å². The highest BCUT2D eigenvalue weighted by atomic mass is 16.2. The van der Waals surface area contributed by atoms with Gasteiger partial charge in [0.05, 0.1) is 0 Å². The molecule has 0 bridgehead atoms. The highest BCUT2D eigenvalue weighted by Gasteiger charge is 2.39. The Balaban J connectivity index is 0.000000921. The number of hydrogen-bond donors (Lipinski definition) is 1. The Hall–Kier alpha value is -0.570. The van der Waals surface area contributed by atoms with Crippen molar-refractivity contribution >= 4 is 5.91 Å². The highest BCUT2D eigenvalue weighted by Crippen LogP contribution is 2.36. The van der Waals surface area contributed by atoms with Gasteiger partial charge in [-0.05, 0) is 31.8 Å². The van der Waals surface area contributed by atoms with Crippen molar-refractivity contribution in [2.75, 3.05) is 27.2 Å². The zero-order valence-electron chi connectivity index (χ0n) is 10.9. The van der Waals surface area contributed by atoms with E-state index in [1.165, 1.54) is 0 Å². The third kappa shape index (κ3) is 3.82. The summed E-state index contributed by atoms with van der Waals surface area (Å²) >= 11 is 0. The second-order valence-corrected chi connectivity index (χ2v) is 4.13. The van der Waals surface area contributed by atoms with Gasteiger partial charge >= 0.3 is 0 Å². The first-order chi connectivity index (χ1) is 7.13. The Morgan fingerprint density at radius 1 is 1.47 bits per heavy atom. The van der Waals surface area contributed by atoms with E-state index in [0.29, 0.717) is 5.91 Å². The normalized spacial score (nSPS) is 25.1. The van der Waals surface area contributed by atoms with Crippen LogP contribution >= 0.6 is 0 Å². The van der Waals surface area contributed by atoms with Gasteiger partial charge < -0.3 is 10.2 Å². The molecule has 0 aromatic rings. The molecular formula is C12H26N2O. The van der Waals surface area contributed by atoms with Crippen molar-refractivity contribution in [3.8, 4) is 0 Å². The zero-order chi connectivity index (χ0) is 11.9. The molecule has 90 valence electrons. The lowest BCUT2D eigenvalue weighted by Crippen LogP contribution is -2.28. The van der Waals surface area contributed by atoms with Gasteiger partial charge in [0.2, 0.25) is 5.91 Å². The van der Waals surface area contributed by atoms with E-state index in [9.17, 15) is 4.79 Å². The Morgan fingerprint density at radius 3 is 2.40 bits per heavy atom. The smallest absolute Gasteiger partial charge is 0.222 e. The van der Waals surface area contributed by atoms with E-state index in [1.54, 1.807) is 0 Å². The summed E-state index contributed by atoms with van der Waals surface area (Å²) in [5.41, 5.74) is 0.245. The van der Waals surface area contributed by atoms with Gasteiger partial charge in [0.1, 0.15) is 0 Å². The average Bonchev–Trinajstić information content (AvgIpc) is 2.56. The molecule has 3 heteroatoms. The third-order valence-electron chi connectivity index (χ3n) is 3.18. The molecule has 0 aliphatic carbocycles. The van der Waals surface area contributed by atoms with Crippen LogP contribution < -0.4 is 5.32 Å². The molecule has 1 rings (SSSR count). The Labute approximate surface area is 94.2 Å². The molecule has 0 aromatic carbocycles. The SMILES string of the molecule is CC.CCC1(CCNC)CC(=O)N(C)C1. The van der Waals surface area contributed by atoms with Gasteiger partial charge in [-0.3, -0.25) is 4.79 Å². The van der Waals surface area contributed by atoms with Crippen LogP contribution in [0.5, 0.6) is 0 Å². The number of hydrogen-bond acceptors (Lipinski definition) is 2. The Morgan fingerprint density at radius 2 is 2.07 bits per heavy atom. The predicted molar refractivity (Wildman–Crippen MR) is 64.9 cm³/mol. The number of carbonyl (C=O) groups excluding carboxylic acids is 1. The van der Waals surface area contributed by atoms with Crippen molar-refractivity contribution in [2.24, 2.45) is 5.41 Å². The molecule has 1 N–H and O–H groups in total. The van der Waals surface area contributed by atoms with Crippen LogP contribution in [0.1, 0.15) is 40.0 Å². The van der Waals surface area contributed by atoms with Gasteiger partial charge in [0, 0.05) is 20.0 Å². The first kappa shape index (κ1) is 14.4. The molecule has 1 aliphatic rings. The number of likely N-dealkylation sites (tertiary alicyclic amines) is 1. The summed E-state index contributed by atoms with van der Waals surface area (Å²) in [6.07, 6.45) is 2.95. The number of carbonyl (C=O) groups is 1. The standard InChI is InChI=1S/C10H20N2O.C2H6/c1-4-10(5-6-11-2)7-9(13)12(3)8-10;1-2/h11H,4-8H2,1-3H3;1-2H3. The van der Waals surface area contributed by atoms with E-state index in [2.05, 4.69) is 12.2 Å². The molecule has 1 atom stereocenters. The topological polar surface area (TPSA) is 32.3 Å². The Kier molecular flexibility index (Phi) is 6.57. The van der Waals surface area contributed by atoms with Crippen LogP contribution in [0.3, 0.4) is 0 Å². The number of amides is 1. The fourth-order valence-electron chi connectivity index (χ4n) is 2.07. The quantitative estimate of drug-likeness (QED) is 0.775. The van der Waals surface area contributed by atoms with E-state index in [1.807, 2.05) is 32.8 Å². The second-order valence-electron chi connectivity index (χ2n) is 4.13. The van der Waals surface area contributed by atoms with Crippen LogP contribution in [0.15, 0.2) is 0 Å². The molecule has 1 amide bonds. The van der Waals surface area contributed by atoms with Gasteiger partial charge in [0.15, 0.2) is 0 Å². The molecular weight excluding hydrogens is 188 g/mol. The Bertz CT molecular complexity index is 194. The van der Waals surface area contributed by atoms with Crippen molar-refractivity contribution < 1.29 is 4.79 Å². The minimum atomic E-state index is 0.245. The maximum Gasteiger partial charge on any atom is 0.222 e. The molecule has 1 saturated heterocycles.